The molecule has 1 heterocycles. The van der Waals surface area contributed by atoms with Gasteiger partial charge >= 0.3 is 0 Å². The molecule has 1 rings (SSSR count). The molecule has 0 atom stereocenters. The van der Waals surface area contributed by atoms with Gasteiger partial charge in [0, 0.05) is 12.7 Å². The molecule has 0 fully saturated rings. The summed E-state index contributed by atoms with van der Waals surface area (Å²) in [5.41, 5.74) is 0.550. The Labute approximate surface area is 75.3 Å². The van der Waals surface area contributed by atoms with Crippen molar-refractivity contribution in [3.05, 3.63) is 35.7 Å². The first-order valence-electron chi connectivity index (χ1n) is 3.86. The Morgan fingerprint density at radius 3 is 2.92 bits per heavy atom. The second kappa shape index (κ2) is 4.67. The fourth-order valence-corrected chi connectivity index (χ4v) is 0.840. The van der Waals surface area contributed by atoms with Crippen molar-refractivity contribution < 1.29 is 8.78 Å². The van der Waals surface area contributed by atoms with Crippen molar-refractivity contribution in [2.45, 2.75) is 0 Å². The lowest BCUT2D eigenvalue weighted by Gasteiger charge is -1.94. The van der Waals surface area contributed by atoms with E-state index < -0.39 is 11.8 Å². The molecular formula is C9H10F2N2. The fourth-order valence-electron chi connectivity index (χ4n) is 0.840. The number of nitrogens with zero attached hydrogens (tertiary/aromatic N) is 1. The Balaban J connectivity index is 2.73. The zero-order valence-corrected chi connectivity index (χ0v) is 7.22. The number of hydrogen-bond acceptors (Lipinski definition) is 2. The zero-order valence-electron chi connectivity index (χ0n) is 7.22. The zero-order chi connectivity index (χ0) is 9.68. The van der Waals surface area contributed by atoms with Crippen molar-refractivity contribution in [3.63, 3.8) is 0 Å². The Bertz CT molecular complexity index is 310. The Kier molecular flexibility index (Phi) is 3.52. The largest absolute Gasteiger partial charge is 0.316 e. The van der Waals surface area contributed by atoms with Crippen molar-refractivity contribution in [1.29, 1.82) is 0 Å². The van der Waals surface area contributed by atoms with E-state index in [0.29, 0.717) is 12.1 Å². The van der Waals surface area contributed by atoms with E-state index in [-0.39, 0.29) is 0 Å². The van der Waals surface area contributed by atoms with Crippen LogP contribution in [0.25, 0.3) is 6.08 Å². The molecule has 0 aliphatic heterocycles. The molecule has 0 radical (unpaired) electrons. The van der Waals surface area contributed by atoms with Gasteiger partial charge in [0.05, 0.1) is 0 Å². The van der Waals surface area contributed by atoms with Gasteiger partial charge in [-0.2, -0.15) is 4.39 Å². The van der Waals surface area contributed by atoms with Crippen LogP contribution in [0, 0.1) is 11.8 Å². The molecule has 0 unspecified atom stereocenters. The highest BCUT2D eigenvalue weighted by Gasteiger charge is 2.00. The molecule has 1 aromatic rings. The van der Waals surface area contributed by atoms with Gasteiger partial charge in [-0.25, -0.2) is 9.37 Å². The third kappa shape index (κ3) is 2.91. The van der Waals surface area contributed by atoms with Gasteiger partial charge in [0.15, 0.2) is 5.82 Å². The van der Waals surface area contributed by atoms with E-state index in [1.807, 2.05) is 0 Å². The molecule has 0 bridgehead atoms. The van der Waals surface area contributed by atoms with Crippen LogP contribution in [0.2, 0.25) is 0 Å². The van der Waals surface area contributed by atoms with Crippen LogP contribution in [-0.4, -0.2) is 18.6 Å². The quantitative estimate of drug-likeness (QED) is 0.721. The van der Waals surface area contributed by atoms with Crippen LogP contribution in [0.4, 0.5) is 8.78 Å². The lowest BCUT2D eigenvalue weighted by molar-refractivity contribution is 0.479. The number of hydrogen-bond donors (Lipinski definition) is 1. The summed E-state index contributed by atoms with van der Waals surface area (Å²) in [4.78, 5) is 3.24. The molecule has 1 N–H and O–H groups in total. The molecule has 0 aliphatic carbocycles. The first kappa shape index (κ1) is 9.80. The summed E-state index contributed by atoms with van der Waals surface area (Å²) in [5, 5.41) is 2.89. The minimum atomic E-state index is -1.06. The number of rotatable bonds is 3. The molecule has 1 aromatic heterocycles. The molecule has 13 heavy (non-hydrogen) atoms. The van der Waals surface area contributed by atoms with E-state index in [1.54, 1.807) is 19.2 Å². The summed E-state index contributed by atoms with van der Waals surface area (Å²) in [5.74, 6) is -1.99. The van der Waals surface area contributed by atoms with Crippen LogP contribution in [0.3, 0.4) is 0 Å². The molecule has 0 aromatic carbocycles. The summed E-state index contributed by atoms with van der Waals surface area (Å²) in [6.07, 6.45) is 4.75. The van der Waals surface area contributed by atoms with Crippen LogP contribution in [0.5, 0.6) is 0 Å². The number of likely N-dealkylation sites (N-methyl/N-ethyl adjacent to an activating group) is 1. The van der Waals surface area contributed by atoms with E-state index in [9.17, 15) is 8.78 Å². The van der Waals surface area contributed by atoms with Gasteiger partial charge in [-0.1, -0.05) is 12.2 Å². The maximum absolute atomic E-state index is 12.6. The van der Waals surface area contributed by atoms with Gasteiger partial charge < -0.3 is 5.32 Å². The highest BCUT2D eigenvalue weighted by Crippen LogP contribution is 2.06. The fraction of sp³-hybridized carbons (Fsp3) is 0.222. The van der Waals surface area contributed by atoms with Crippen molar-refractivity contribution in [3.8, 4) is 0 Å². The van der Waals surface area contributed by atoms with Crippen LogP contribution in [-0.2, 0) is 0 Å². The third-order valence-corrected chi connectivity index (χ3v) is 1.45. The molecule has 4 heteroatoms. The van der Waals surface area contributed by atoms with E-state index in [0.717, 1.165) is 6.07 Å². The second-order valence-corrected chi connectivity index (χ2v) is 2.50. The smallest absolute Gasteiger partial charge is 0.248 e. The van der Waals surface area contributed by atoms with E-state index in [4.69, 9.17) is 0 Å². The molecule has 0 amide bonds. The van der Waals surface area contributed by atoms with Gasteiger partial charge in [-0.05, 0) is 18.7 Å². The average molecular weight is 184 g/mol. The average Bonchev–Trinajstić information content (AvgIpc) is 2.12. The maximum Gasteiger partial charge on any atom is 0.248 e. The van der Waals surface area contributed by atoms with E-state index >= 15 is 0 Å². The van der Waals surface area contributed by atoms with Crippen LogP contribution < -0.4 is 5.32 Å². The van der Waals surface area contributed by atoms with Gasteiger partial charge in [-0.15, -0.1) is 0 Å². The molecule has 2 nitrogen and oxygen atoms in total. The summed E-state index contributed by atoms with van der Waals surface area (Å²) < 4.78 is 25.0. The van der Waals surface area contributed by atoms with Gasteiger partial charge in [0.25, 0.3) is 0 Å². The monoisotopic (exact) mass is 184 g/mol. The summed E-state index contributed by atoms with van der Waals surface area (Å²) in [6, 6.07) is 1.11. The highest BCUT2D eigenvalue weighted by atomic mass is 19.2. The number of halogens is 2. The number of aromatic nitrogens is 1. The van der Waals surface area contributed by atoms with Crippen LogP contribution in [0.15, 0.2) is 18.3 Å². The normalized spacial score (nSPS) is 11.0. The first-order valence-corrected chi connectivity index (χ1v) is 3.86. The second-order valence-electron chi connectivity index (χ2n) is 2.50. The first-order chi connectivity index (χ1) is 6.24. The summed E-state index contributed by atoms with van der Waals surface area (Å²) in [7, 11) is 1.80. The molecular weight excluding hydrogens is 174 g/mol. The number of nitrogens with one attached hydrogen (secondary N) is 1. The number of pyridine rings is 1. The Morgan fingerprint density at radius 1 is 1.54 bits per heavy atom. The lowest BCUT2D eigenvalue weighted by Crippen LogP contribution is -2.03. The minimum Gasteiger partial charge on any atom is -0.316 e. The molecule has 0 spiro atoms. The topological polar surface area (TPSA) is 24.9 Å². The van der Waals surface area contributed by atoms with Crippen molar-refractivity contribution in [1.82, 2.24) is 10.3 Å². The van der Waals surface area contributed by atoms with Gasteiger partial charge in [-0.3, -0.25) is 0 Å². The van der Waals surface area contributed by atoms with E-state index in [1.165, 1.54) is 6.20 Å². The minimum absolute atomic E-state index is 0.550. The predicted molar refractivity (Wildman–Crippen MR) is 47.1 cm³/mol. The summed E-state index contributed by atoms with van der Waals surface area (Å²) in [6.45, 7) is 0.680. The maximum atomic E-state index is 12.6. The van der Waals surface area contributed by atoms with Gasteiger partial charge in [0.2, 0.25) is 5.95 Å². The van der Waals surface area contributed by atoms with E-state index in [2.05, 4.69) is 10.3 Å². The lowest BCUT2D eigenvalue weighted by atomic mass is 10.2. The standard InChI is InChI=1S/C9H10F2N2/c1-12-4-2-3-7-5-8(10)9(11)13-6-7/h2-3,5-6,12H,4H2,1H3. The Morgan fingerprint density at radius 2 is 2.31 bits per heavy atom. The summed E-state index contributed by atoms with van der Waals surface area (Å²) >= 11 is 0. The van der Waals surface area contributed by atoms with Crippen molar-refractivity contribution in [2.75, 3.05) is 13.6 Å². The van der Waals surface area contributed by atoms with Crippen molar-refractivity contribution in [2.24, 2.45) is 0 Å². The molecule has 0 saturated heterocycles. The van der Waals surface area contributed by atoms with Crippen LogP contribution >= 0.6 is 0 Å². The SMILES string of the molecule is CNCC=Cc1cnc(F)c(F)c1. The molecule has 70 valence electrons. The van der Waals surface area contributed by atoms with Crippen LogP contribution in [0.1, 0.15) is 5.56 Å². The molecule has 0 saturated carbocycles. The molecule has 0 aliphatic rings. The van der Waals surface area contributed by atoms with Crippen molar-refractivity contribution >= 4 is 6.08 Å². The third-order valence-electron chi connectivity index (χ3n) is 1.45. The predicted octanol–water partition coefficient (Wildman–Crippen LogP) is 1.59. The van der Waals surface area contributed by atoms with Gasteiger partial charge in [0.1, 0.15) is 0 Å². The Hall–Kier alpha value is -1.29. The highest BCUT2D eigenvalue weighted by molar-refractivity contribution is 5.47.